The second-order valence-electron chi connectivity index (χ2n) is 16.5. The number of nitrogens with zero attached hydrogens (tertiary/aromatic N) is 5. The third-order valence-corrected chi connectivity index (χ3v) is 13.5. The first kappa shape index (κ1) is 32.9. The van der Waals surface area contributed by atoms with Crippen LogP contribution in [0.2, 0.25) is 0 Å². The Bertz CT molecular complexity index is 2570. The summed E-state index contributed by atoms with van der Waals surface area (Å²) in [6.45, 7) is 21.3. The van der Waals surface area contributed by atoms with Gasteiger partial charge in [-0.3, -0.25) is 0 Å². The first-order valence-corrected chi connectivity index (χ1v) is 18.5. The third kappa shape index (κ3) is 4.53. The van der Waals surface area contributed by atoms with E-state index in [1.165, 1.54) is 33.0 Å². The molecule has 0 saturated carbocycles. The SMILES string of the molecule is Cn1[c](=[Pt])n(-c2cncc(Oc3ccc4c5ccc6c(c5n(-c5cc(C(C)(C)C)ccn5)c4c3)C(C)(C)C(C)(C)C6(C)C)c2)c2ccccc21. The number of aromatic nitrogens is 5. The van der Waals surface area contributed by atoms with Gasteiger partial charge < -0.3 is 0 Å². The molecule has 3 aromatic carbocycles. The maximum atomic E-state index is 6.65. The monoisotopic (exact) mass is 842 g/mol. The molecule has 0 bridgehead atoms. The minimum atomic E-state index is -0.0959. The van der Waals surface area contributed by atoms with Crippen LogP contribution in [0.1, 0.15) is 79.0 Å². The van der Waals surface area contributed by atoms with Crippen molar-refractivity contribution in [3.8, 4) is 23.0 Å². The van der Waals surface area contributed by atoms with Gasteiger partial charge in [0.2, 0.25) is 0 Å². The fraction of sp³-hybridized carbons (Fsp3) is 0.326. The standard InChI is InChI=1S/C43H45N5O.Pt/c1-40(2,3)27-19-20-45-37(21-27)48-36-23-29(49-30-22-28(24-44-25-30)47-26-46(10)34-13-11-12-14-35(34)47)15-16-31(36)32-17-18-33-38(39(32)48)42(6,7)43(8,9)41(33,4)5;/h11-25H,1-10H3;. The Balaban J connectivity index is 1.34. The predicted octanol–water partition coefficient (Wildman–Crippen LogP) is 10.6. The molecule has 1 aliphatic rings. The van der Waals surface area contributed by atoms with Gasteiger partial charge in [0.1, 0.15) is 0 Å². The molecule has 0 amide bonds. The van der Waals surface area contributed by atoms with Crippen LogP contribution in [0.25, 0.3) is 44.3 Å². The first-order chi connectivity index (χ1) is 23.5. The molecule has 1 aliphatic carbocycles. The quantitative estimate of drug-likeness (QED) is 0.177. The van der Waals surface area contributed by atoms with Crippen molar-refractivity contribution in [2.45, 2.75) is 78.6 Å². The van der Waals surface area contributed by atoms with Crippen molar-refractivity contribution < 1.29 is 24.1 Å². The van der Waals surface area contributed by atoms with Gasteiger partial charge in [0.15, 0.2) is 0 Å². The summed E-state index contributed by atoms with van der Waals surface area (Å²) >= 11 is 2.38. The van der Waals surface area contributed by atoms with Crippen molar-refractivity contribution in [1.82, 2.24) is 23.7 Å². The molecule has 6 nitrogen and oxygen atoms in total. The Morgan fingerprint density at radius 2 is 1.44 bits per heavy atom. The molecule has 0 radical (unpaired) electrons. The van der Waals surface area contributed by atoms with Crippen LogP contribution in [0.4, 0.5) is 0 Å². The zero-order valence-electron chi connectivity index (χ0n) is 30.6. The van der Waals surface area contributed by atoms with Crippen LogP contribution in [0.5, 0.6) is 11.5 Å². The number of rotatable bonds is 4. The predicted molar refractivity (Wildman–Crippen MR) is 200 cm³/mol. The Morgan fingerprint density at radius 3 is 2.18 bits per heavy atom. The summed E-state index contributed by atoms with van der Waals surface area (Å²) in [4.78, 5) is 9.66. The van der Waals surface area contributed by atoms with Crippen molar-refractivity contribution in [2.75, 3.05) is 0 Å². The normalized spacial score (nSPS) is 16.4. The van der Waals surface area contributed by atoms with Crippen LogP contribution >= 0.6 is 0 Å². The first-order valence-electron chi connectivity index (χ1n) is 17.4. The second-order valence-corrected chi connectivity index (χ2v) is 17.5. The number of pyridine rings is 2. The molecular weight excluding hydrogens is 798 g/mol. The second kappa shape index (κ2) is 10.9. The summed E-state index contributed by atoms with van der Waals surface area (Å²) < 4.78 is 14.5. The molecule has 0 aliphatic heterocycles. The van der Waals surface area contributed by atoms with Crippen molar-refractivity contribution in [1.29, 1.82) is 0 Å². The molecular formula is C43H45N5OPt. The van der Waals surface area contributed by atoms with Gasteiger partial charge in [-0.15, -0.1) is 0 Å². The van der Waals surface area contributed by atoms with Crippen LogP contribution in [-0.4, -0.2) is 23.7 Å². The van der Waals surface area contributed by atoms with Gasteiger partial charge in [0.05, 0.1) is 0 Å². The molecule has 0 N–H and O–H groups in total. The minimum absolute atomic E-state index is 0.0187. The average Bonchev–Trinajstić information content (AvgIpc) is 3.57. The van der Waals surface area contributed by atoms with Crippen molar-refractivity contribution in [3.05, 3.63) is 112 Å². The molecule has 4 aromatic heterocycles. The molecule has 50 heavy (non-hydrogen) atoms. The summed E-state index contributed by atoms with van der Waals surface area (Å²) in [7, 11) is 2.09. The van der Waals surface area contributed by atoms with Gasteiger partial charge in [-0.25, -0.2) is 0 Å². The molecule has 0 atom stereocenters. The number of ether oxygens (including phenoxy) is 1. The third-order valence-electron chi connectivity index (χ3n) is 12.3. The van der Waals surface area contributed by atoms with E-state index in [9.17, 15) is 0 Å². The average molecular weight is 843 g/mol. The number of fused-ring (bicyclic) bond motifs is 6. The molecule has 0 spiro atoms. The Morgan fingerprint density at radius 1 is 0.720 bits per heavy atom. The van der Waals surface area contributed by atoms with Crippen molar-refractivity contribution >= 4 is 32.8 Å². The van der Waals surface area contributed by atoms with E-state index >= 15 is 0 Å². The van der Waals surface area contributed by atoms with E-state index in [4.69, 9.17) is 9.72 Å². The number of imidazole rings is 1. The number of aryl methyl sites for hydroxylation is 1. The summed E-state index contributed by atoms with van der Waals surface area (Å²) in [6, 6.07) is 26.1. The topological polar surface area (TPSA) is 49.8 Å². The van der Waals surface area contributed by atoms with Gasteiger partial charge in [-0.05, 0) is 38.9 Å². The van der Waals surface area contributed by atoms with Crippen molar-refractivity contribution in [3.63, 3.8) is 0 Å². The zero-order chi connectivity index (χ0) is 35.5. The van der Waals surface area contributed by atoms with Crippen LogP contribution in [0, 0.1) is 9.22 Å². The van der Waals surface area contributed by atoms with Crippen LogP contribution in [-0.2, 0) is 42.6 Å². The molecule has 8 rings (SSSR count). The van der Waals surface area contributed by atoms with E-state index < -0.39 is 0 Å². The van der Waals surface area contributed by atoms with E-state index in [1.807, 2.05) is 12.4 Å². The van der Waals surface area contributed by atoms with Crippen molar-refractivity contribution in [2.24, 2.45) is 12.5 Å². The Labute approximate surface area is 305 Å². The molecule has 4 heterocycles. The number of hydrogen-bond acceptors (Lipinski definition) is 3. The zero-order valence-corrected chi connectivity index (χ0v) is 32.9. The van der Waals surface area contributed by atoms with E-state index in [-0.39, 0.29) is 21.7 Å². The van der Waals surface area contributed by atoms with Gasteiger partial charge in [0, 0.05) is 6.20 Å². The number of hydrogen-bond donors (Lipinski definition) is 0. The summed E-state index contributed by atoms with van der Waals surface area (Å²) in [5.74, 6) is 2.35. The van der Waals surface area contributed by atoms with Crippen LogP contribution in [0.3, 0.4) is 0 Å². The Hall–Kier alpha value is -4.28. The molecule has 0 unspecified atom stereocenters. The van der Waals surface area contributed by atoms with E-state index in [0.717, 1.165) is 37.6 Å². The maximum absolute atomic E-state index is 6.65. The summed E-state index contributed by atoms with van der Waals surface area (Å²) in [5, 5.41) is 2.42. The number of benzene rings is 3. The van der Waals surface area contributed by atoms with E-state index in [2.05, 4.69) is 180 Å². The molecule has 0 fully saturated rings. The molecule has 7 heteroatoms. The van der Waals surface area contributed by atoms with Crippen LogP contribution in [0.15, 0.2) is 91.4 Å². The molecule has 258 valence electrons. The fourth-order valence-corrected chi connectivity index (χ4v) is 9.05. The van der Waals surface area contributed by atoms with Gasteiger partial charge >= 0.3 is 193 Å². The summed E-state index contributed by atoms with van der Waals surface area (Å²) in [6.07, 6.45) is 5.64. The van der Waals surface area contributed by atoms with E-state index in [1.54, 1.807) is 6.20 Å². The Kier molecular flexibility index (Phi) is 7.14. The van der Waals surface area contributed by atoms with Gasteiger partial charge in [-0.2, -0.15) is 0 Å². The molecule has 7 aromatic rings. The summed E-state index contributed by atoms with van der Waals surface area (Å²) in [5.41, 5.74) is 9.50. The fourth-order valence-electron chi connectivity index (χ4n) is 8.21. The number of para-hydroxylation sites is 2. The van der Waals surface area contributed by atoms with Gasteiger partial charge in [0.25, 0.3) is 0 Å². The van der Waals surface area contributed by atoms with Gasteiger partial charge in [-0.1, -0.05) is 68.4 Å². The molecule has 0 saturated heterocycles. The van der Waals surface area contributed by atoms with Crippen LogP contribution < -0.4 is 4.74 Å². The van der Waals surface area contributed by atoms with E-state index in [0.29, 0.717) is 5.75 Å².